The van der Waals surface area contributed by atoms with Gasteiger partial charge in [-0.2, -0.15) is 0 Å². The maximum Gasteiger partial charge on any atom is -0.0000000000000853 e. The van der Waals surface area contributed by atoms with Crippen LogP contribution in [-0.2, 0) is 0 Å². The van der Waals surface area contributed by atoms with Gasteiger partial charge < -0.3 is 7.74 Å². The molecule has 0 nitrogen and oxygen atoms in total. The molecule has 0 saturated heterocycles. The molecule has 0 aliphatic carbocycles. The van der Waals surface area contributed by atoms with Gasteiger partial charge in [-0.05, 0) is 241 Å². The van der Waals surface area contributed by atoms with Crippen LogP contribution in [0.1, 0.15) is 0 Å². The van der Waals surface area contributed by atoms with E-state index in [0.717, 1.165) is 0 Å². The van der Waals surface area contributed by atoms with Gasteiger partial charge in [0.05, 0.1) is 0 Å². The summed E-state index contributed by atoms with van der Waals surface area (Å²) in [5.74, 6) is 0. The van der Waals surface area contributed by atoms with Crippen LogP contribution in [0, 0.1) is 0 Å². The normalized spacial score (nSPS) is 9.58. The van der Waals surface area contributed by atoms with Gasteiger partial charge >= 0.3 is 0 Å². The van der Waals surface area contributed by atoms with Crippen molar-refractivity contribution >= 4 is 256 Å². The zero-order valence-electron chi connectivity index (χ0n) is 20.8. The first kappa shape index (κ1) is 38.3. The molecule has 0 N–H and O–H groups in total. The molecule has 0 bridgehead atoms. The second-order valence-electron chi connectivity index (χ2n) is 9.81. The summed E-state index contributed by atoms with van der Waals surface area (Å²) in [6, 6.07) is 0. The van der Waals surface area contributed by atoms with Crippen molar-refractivity contribution in [3.05, 3.63) is 0 Å². The summed E-state index contributed by atoms with van der Waals surface area (Å²) in [5, 5.41) is 0. The monoisotopic (exact) mass is 396 g/mol. The summed E-state index contributed by atoms with van der Waals surface area (Å²) in [6.07, 6.45) is -18.3. The van der Waals surface area contributed by atoms with E-state index in [-0.39, 0.29) is 0 Å². The van der Waals surface area contributed by atoms with Crippen LogP contribution in [0.2, 0.25) is 0 Å². The zero-order valence-corrected chi connectivity index (χ0v) is 20.8. The predicted octanol–water partition coefficient (Wildman–Crippen LogP) is -13.7. The maximum atomic E-state index is 6.53. The van der Waals surface area contributed by atoms with Crippen LogP contribution in [0.4, 0.5) is 0 Å². The van der Waals surface area contributed by atoms with Crippen LogP contribution in [0.5, 0.6) is 0 Å². The Kier molecular flexibility index (Phi) is 18.5. The Morgan fingerprint density at radius 3 is 0.583 bits per heavy atom. The first-order chi connectivity index (χ1) is 16.3. The van der Waals surface area contributed by atoms with Gasteiger partial charge in [-0.3, -0.25) is 0 Å². The molecule has 0 rings (SSSR count). The van der Waals surface area contributed by atoms with E-state index >= 15 is 0 Å². The average molecular weight is 389 g/mol. The van der Waals surface area contributed by atoms with Gasteiger partial charge in [0.25, 0.3) is 0 Å². The van der Waals surface area contributed by atoms with Crippen LogP contribution in [-0.4, -0.2) is 256 Å². The fourth-order valence-electron chi connectivity index (χ4n) is 5.65. The van der Waals surface area contributed by atoms with Crippen LogP contribution in [0.15, 0.2) is 0 Å². The highest BCUT2D eigenvalue weighted by Gasteiger charge is 2.54. The standard InChI is InChI=1S/B36/c1-20(2)29(19)34(30(21(3)4)22(5)6)36(33(27(15)16)28(17)18)35(31(23(7)8)24(9)10)32(25(11)12)26(13)14/q-1. The fraction of sp³-hybridized carbons (Fsp3) is 0. The molecule has 0 aromatic heterocycles. The van der Waals surface area contributed by atoms with Crippen molar-refractivity contribution in [1.82, 2.24) is 0 Å². The molecule has 36 heteroatoms. The molecule has 109 valence electrons. The van der Waals surface area contributed by atoms with Gasteiger partial charge in [-0.25, -0.2) is 6.39 Å². The second-order valence-corrected chi connectivity index (χ2v) is 9.81. The largest absolute Gasteiger partial charge is 0.687 e. The van der Waals surface area contributed by atoms with E-state index in [0.29, 0.717) is 0 Å². The minimum absolute atomic E-state index is 0.964. The lowest BCUT2D eigenvalue weighted by Crippen LogP contribution is -2.91. The summed E-state index contributed by atoms with van der Waals surface area (Å²) in [6.45, 7) is 0. The van der Waals surface area contributed by atoms with Gasteiger partial charge in [0.1, 0.15) is 0 Å². The Hall–Kier alpha value is 2.34. The van der Waals surface area contributed by atoms with Gasteiger partial charge in [0.15, 0.2) is 0 Å². The highest BCUT2D eigenvalue weighted by Crippen LogP contribution is 2.17. The summed E-state index contributed by atoms with van der Waals surface area (Å²) >= 11 is 0. The molecule has 39 radical (unpaired) electrons. The Bertz CT molecular complexity index is 509. The van der Waals surface area contributed by atoms with Crippen molar-refractivity contribution in [2.24, 2.45) is 0 Å². The first-order valence-corrected chi connectivity index (χ1v) is 11.7. The van der Waals surface area contributed by atoms with E-state index in [2.05, 4.69) is 0 Å². The minimum atomic E-state index is -1.17. The Balaban J connectivity index is 7.84. The molecule has 0 heterocycles. The van der Waals surface area contributed by atoms with E-state index in [1.165, 1.54) is 0 Å². The van der Waals surface area contributed by atoms with E-state index in [1.807, 2.05) is 0 Å². The topological polar surface area (TPSA) is 0 Å². The van der Waals surface area contributed by atoms with Gasteiger partial charge in [0, 0.05) is 0 Å². The van der Waals surface area contributed by atoms with E-state index in [4.69, 9.17) is 147 Å². The van der Waals surface area contributed by atoms with Gasteiger partial charge in [-0.15, -0.1) is 0 Å². The lowest BCUT2D eigenvalue weighted by atomic mass is 8.29. The maximum absolute atomic E-state index is 6.53. The Morgan fingerprint density at radius 1 is 0.250 bits per heavy atom. The predicted molar refractivity (Wildman–Crippen MR) is 207 cm³/mol. The number of rotatable bonds is 16. The smallest absolute Gasteiger partial charge is 0.0000000000000853 e. The molecule has 0 spiro atoms. The second kappa shape index (κ2) is 17.3. The molecule has 36 heavy (non-hydrogen) atoms. The van der Waals surface area contributed by atoms with Crippen LogP contribution in [0.3, 0.4) is 0 Å². The zero-order chi connectivity index (χ0) is 28.8. The molecule has 0 fully saturated rings. The molecule has 0 aromatic carbocycles. The summed E-state index contributed by atoms with van der Waals surface area (Å²) < 4.78 is 0. The van der Waals surface area contributed by atoms with Crippen LogP contribution in [0.25, 0.3) is 0 Å². The minimum Gasteiger partial charge on any atom is -0.687 e. The van der Waals surface area contributed by atoms with E-state index < -0.39 is 109 Å². The fourth-order valence-corrected chi connectivity index (χ4v) is 5.65. The van der Waals surface area contributed by atoms with Crippen molar-refractivity contribution in [3.63, 3.8) is 0 Å². The summed E-state index contributed by atoms with van der Waals surface area (Å²) in [7, 11) is 117. The van der Waals surface area contributed by atoms with Crippen molar-refractivity contribution in [1.29, 1.82) is 0 Å². The SMILES string of the molecule is [B]B([B])B(B([B])[B])B(B([B])B([B])[B-])B(B(B([B])[B])B([B])[B])B(B(B([B])[B])B([B])[B])B(B([B])[B])B([B])[B]. The Labute approximate surface area is 254 Å². The van der Waals surface area contributed by atoms with Crippen molar-refractivity contribution in [3.8, 4) is 0 Å². The quantitative estimate of drug-likeness (QED) is 0.230. The van der Waals surface area contributed by atoms with E-state index in [9.17, 15) is 0 Å². The van der Waals surface area contributed by atoms with Crippen molar-refractivity contribution < 1.29 is 0 Å². The molecule has 0 amide bonds. The van der Waals surface area contributed by atoms with Crippen molar-refractivity contribution in [2.45, 2.75) is 0 Å². The highest BCUT2D eigenvalue weighted by molar-refractivity contribution is 8.30. The number of hydrogen-bond acceptors (Lipinski definition) is 0. The molecule has 0 aliphatic rings. The molecule has 0 aromatic rings. The molecule has 0 atom stereocenters. The third-order valence-corrected chi connectivity index (χ3v) is 7.11. The third kappa shape index (κ3) is 10.3. The van der Waals surface area contributed by atoms with Crippen molar-refractivity contribution in [2.75, 3.05) is 0 Å². The molecular formula is B36-. The molecule has 0 aliphatic heterocycles. The van der Waals surface area contributed by atoms with Crippen LogP contribution < -0.4 is 0 Å². The summed E-state index contributed by atoms with van der Waals surface area (Å²) in [4.78, 5) is 0. The lowest BCUT2D eigenvalue weighted by molar-refractivity contribution is 3.23. The molecule has 0 saturated carbocycles. The van der Waals surface area contributed by atoms with Gasteiger partial charge in [-0.1, -0.05) is 0 Å². The lowest BCUT2D eigenvalue weighted by Gasteiger charge is -2.54. The molecular weight excluding hydrogens is 389 g/mol. The summed E-state index contributed by atoms with van der Waals surface area (Å²) in [5.41, 5.74) is 0. The third-order valence-electron chi connectivity index (χ3n) is 7.11. The first-order valence-electron chi connectivity index (χ1n) is 11.7. The average Bonchev–Trinajstić information content (AvgIpc) is 2.66. The van der Waals surface area contributed by atoms with E-state index in [1.54, 1.807) is 0 Å². The number of hydrogen-bond donors (Lipinski definition) is 0. The van der Waals surface area contributed by atoms with Crippen LogP contribution >= 0.6 is 0 Å². The molecule has 0 unspecified atom stereocenters. The Morgan fingerprint density at radius 2 is 0.417 bits per heavy atom. The van der Waals surface area contributed by atoms with Gasteiger partial charge in [0.2, 0.25) is 0 Å². The highest BCUT2D eigenvalue weighted by atomic mass is 13.4.